The Hall–Kier alpha value is -3.86. The number of alkyl halides is 3. The molecule has 1 aliphatic rings. The molecule has 0 bridgehead atoms. The van der Waals surface area contributed by atoms with Gasteiger partial charge < -0.3 is 24.1 Å². The zero-order chi connectivity index (χ0) is 30.8. The van der Waals surface area contributed by atoms with Gasteiger partial charge in [0.05, 0.1) is 32.0 Å². The van der Waals surface area contributed by atoms with E-state index >= 15 is 0 Å². The minimum Gasteiger partial charge on any atom is -0.374 e. The van der Waals surface area contributed by atoms with E-state index in [1.54, 1.807) is 0 Å². The van der Waals surface area contributed by atoms with E-state index in [0.717, 1.165) is 29.0 Å². The predicted octanol–water partition coefficient (Wildman–Crippen LogP) is 6.60. The summed E-state index contributed by atoms with van der Waals surface area (Å²) in [6.45, 7) is 0.752. The first-order chi connectivity index (χ1) is 21.4. The van der Waals surface area contributed by atoms with E-state index in [1.165, 1.54) is 18.2 Å². The SMILES string of the molecule is OC1O[C@H](COCc2ccccc2)[C@@H](OCc2ccccc2)[C@H](OCc2ccccc2)[C@H]1N=Cc1ccccc1C(F)(F)F. The summed E-state index contributed by atoms with van der Waals surface area (Å²) in [5, 5.41) is 11.2. The number of aliphatic hydroxyl groups excluding tert-OH is 1. The molecule has 0 radical (unpaired) electrons. The van der Waals surface area contributed by atoms with Crippen LogP contribution in [-0.2, 0) is 44.9 Å². The highest BCUT2D eigenvalue weighted by atomic mass is 19.4. The van der Waals surface area contributed by atoms with Gasteiger partial charge in [0.25, 0.3) is 0 Å². The maximum Gasteiger partial charge on any atom is 0.417 e. The largest absolute Gasteiger partial charge is 0.417 e. The highest BCUT2D eigenvalue weighted by Gasteiger charge is 2.47. The van der Waals surface area contributed by atoms with Gasteiger partial charge in [-0.3, -0.25) is 4.99 Å². The van der Waals surface area contributed by atoms with Crippen LogP contribution in [0.4, 0.5) is 13.2 Å². The molecule has 5 atom stereocenters. The van der Waals surface area contributed by atoms with Crippen molar-refractivity contribution in [3.05, 3.63) is 143 Å². The third-order valence-electron chi connectivity index (χ3n) is 7.25. The number of aliphatic imine (C=N–C) groups is 1. The Morgan fingerprint density at radius 3 is 1.75 bits per heavy atom. The molecule has 44 heavy (non-hydrogen) atoms. The van der Waals surface area contributed by atoms with Gasteiger partial charge in [0, 0.05) is 11.8 Å². The Balaban J connectivity index is 1.43. The van der Waals surface area contributed by atoms with Gasteiger partial charge >= 0.3 is 6.18 Å². The van der Waals surface area contributed by atoms with Gasteiger partial charge in [-0.1, -0.05) is 109 Å². The second-order valence-electron chi connectivity index (χ2n) is 10.4. The topological polar surface area (TPSA) is 69.5 Å². The molecule has 9 heteroatoms. The van der Waals surface area contributed by atoms with Gasteiger partial charge in [-0.05, 0) is 22.8 Å². The molecule has 0 saturated carbocycles. The maximum atomic E-state index is 13.7. The Bertz CT molecular complexity index is 1450. The molecular formula is C35H34F3NO5. The molecule has 1 N–H and O–H groups in total. The fourth-order valence-corrected chi connectivity index (χ4v) is 5.03. The van der Waals surface area contributed by atoms with Crippen LogP contribution in [0.3, 0.4) is 0 Å². The third kappa shape index (κ3) is 8.62. The normalized spacial score (nSPS) is 22.3. The van der Waals surface area contributed by atoms with Gasteiger partial charge in [-0.25, -0.2) is 0 Å². The van der Waals surface area contributed by atoms with E-state index in [-0.39, 0.29) is 25.4 Å². The zero-order valence-electron chi connectivity index (χ0n) is 23.9. The average Bonchev–Trinajstić information content (AvgIpc) is 3.04. The summed E-state index contributed by atoms with van der Waals surface area (Å²) >= 11 is 0. The average molecular weight is 606 g/mol. The molecule has 1 heterocycles. The molecule has 230 valence electrons. The van der Waals surface area contributed by atoms with E-state index in [4.69, 9.17) is 18.9 Å². The lowest BCUT2D eigenvalue weighted by atomic mass is 9.96. The number of hydrogen-bond donors (Lipinski definition) is 1. The summed E-state index contributed by atoms with van der Waals surface area (Å²) in [5.74, 6) is 0. The van der Waals surface area contributed by atoms with Crippen LogP contribution >= 0.6 is 0 Å². The van der Waals surface area contributed by atoms with Crippen LogP contribution in [0.1, 0.15) is 27.8 Å². The van der Waals surface area contributed by atoms with Gasteiger partial charge in [0.15, 0.2) is 6.29 Å². The van der Waals surface area contributed by atoms with Crippen LogP contribution < -0.4 is 0 Å². The number of ether oxygens (including phenoxy) is 4. The van der Waals surface area contributed by atoms with Crippen molar-refractivity contribution >= 4 is 6.21 Å². The Morgan fingerprint density at radius 1 is 0.682 bits per heavy atom. The summed E-state index contributed by atoms with van der Waals surface area (Å²) in [6, 6.07) is 32.6. The van der Waals surface area contributed by atoms with Crippen LogP contribution in [-0.4, -0.2) is 48.6 Å². The number of rotatable bonds is 12. The molecule has 1 saturated heterocycles. The highest BCUT2D eigenvalue weighted by Crippen LogP contribution is 2.32. The Morgan fingerprint density at radius 2 is 1.18 bits per heavy atom. The number of halogens is 3. The molecule has 5 rings (SSSR count). The molecule has 4 aromatic carbocycles. The summed E-state index contributed by atoms with van der Waals surface area (Å²) in [4.78, 5) is 4.42. The molecule has 1 aliphatic heterocycles. The van der Waals surface area contributed by atoms with Crippen molar-refractivity contribution in [2.45, 2.75) is 56.6 Å². The van der Waals surface area contributed by atoms with E-state index < -0.39 is 42.4 Å². The van der Waals surface area contributed by atoms with Crippen molar-refractivity contribution in [2.75, 3.05) is 6.61 Å². The van der Waals surface area contributed by atoms with Crippen molar-refractivity contribution in [3.8, 4) is 0 Å². The minimum absolute atomic E-state index is 0.0734. The lowest BCUT2D eigenvalue weighted by Crippen LogP contribution is -2.59. The van der Waals surface area contributed by atoms with Gasteiger partial charge in [0.1, 0.15) is 24.4 Å². The third-order valence-corrected chi connectivity index (χ3v) is 7.25. The van der Waals surface area contributed by atoms with Crippen molar-refractivity contribution in [3.63, 3.8) is 0 Å². The fourth-order valence-electron chi connectivity index (χ4n) is 5.03. The summed E-state index contributed by atoms with van der Waals surface area (Å²) in [6.07, 6.45) is -7.38. The summed E-state index contributed by atoms with van der Waals surface area (Å²) < 4.78 is 65.8. The van der Waals surface area contributed by atoms with Gasteiger partial charge in [-0.2, -0.15) is 13.2 Å². The molecule has 0 aromatic heterocycles. The van der Waals surface area contributed by atoms with Crippen LogP contribution in [0.5, 0.6) is 0 Å². The fraction of sp³-hybridized carbons (Fsp3) is 0.286. The molecular weight excluding hydrogens is 571 g/mol. The first-order valence-corrected chi connectivity index (χ1v) is 14.3. The lowest BCUT2D eigenvalue weighted by Gasteiger charge is -2.43. The van der Waals surface area contributed by atoms with Crippen LogP contribution in [0.15, 0.2) is 120 Å². The van der Waals surface area contributed by atoms with Gasteiger partial charge in [-0.15, -0.1) is 0 Å². The quantitative estimate of drug-likeness (QED) is 0.185. The lowest BCUT2D eigenvalue weighted by molar-refractivity contribution is -0.273. The van der Waals surface area contributed by atoms with E-state index in [1.807, 2.05) is 91.0 Å². The van der Waals surface area contributed by atoms with Crippen molar-refractivity contribution in [2.24, 2.45) is 4.99 Å². The highest BCUT2D eigenvalue weighted by molar-refractivity contribution is 5.82. The molecule has 1 fully saturated rings. The van der Waals surface area contributed by atoms with Crippen LogP contribution in [0.25, 0.3) is 0 Å². The number of hydrogen-bond acceptors (Lipinski definition) is 6. The standard InChI is InChI=1S/C35H34F3NO5/c36-35(37,38)29-19-11-10-18-28(29)20-39-31-33(43-23-27-16-8-3-9-17-27)32(42-22-26-14-6-2-7-15-26)30(44-34(31)40)24-41-21-25-12-4-1-5-13-25/h1-20,30-34,40H,21-24H2/t30-,31-,32-,33-,34?/m1/s1. The van der Waals surface area contributed by atoms with E-state index in [0.29, 0.717) is 6.61 Å². The van der Waals surface area contributed by atoms with E-state index in [2.05, 4.69) is 4.99 Å². The first kappa shape index (κ1) is 31.6. The molecule has 1 unspecified atom stereocenters. The van der Waals surface area contributed by atoms with Crippen LogP contribution in [0.2, 0.25) is 0 Å². The summed E-state index contributed by atoms with van der Waals surface area (Å²) in [7, 11) is 0. The number of aliphatic hydroxyl groups is 1. The first-order valence-electron chi connectivity index (χ1n) is 14.3. The molecule has 0 amide bonds. The summed E-state index contributed by atoms with van der Waals surface area (Å²) in [5.41, 5.74) is 1.78. The van der Waals surface area contributed by atoms with Crippen molar-refractivity contribution < 1.29 is 37.2 Å². The minimum atomic E-state index is -4.57. The molecule has 6 nitrogen and oxygen atoms in total. The monoisotopic (exact) mass is 605 g/mol. The maximum absolute atomic E-state index is 13.7. The molecule has 0 aliphatic carbocycles. The van der Waals surface area contributed by atoms with Gasteiger partial charge in [0.2, 0.25) is 0 Å². The molecule has 0 spiro atoms. The zero-order valence-corrected chi connectivity index (χ0v) is 23.9. The smallest absolute Gasteiger partial charge is 0.374 e. The second-order valence-corrected chi connectivity index (χ2v) is 10.4. The second kappa shape index (κ2) is 15.2. The Kier molecular flexibility index (Phi) is 10.9. The predicted molar refractivity (Wildman–Crippen MR) is 160 cm³/mol. The van der Waals surface area contributed by atoms with E-state index in [9.17, 15) is 18.3 Å². The molecule has 4 aromatic rings. The number of benzene rings is 4. The van der Waals surface area contributed by atoms with Crippen LogP contribution in [0, 0.1) is 0 Å². The van der Waals surface area contributed by atoms with Crippen molar-refractivity contribution in [1.29, 1.82) is 0 Å². The Labute approximate surface area is 254 Å². The van der Waals surface area contributed by atoms with Crippen molar-refractivity contribution in [1.82, 2.24) is 0 Å². The number of nitrogens with zero attached hydrogens (tertiary/aromatic N) is 1.